The Labute approximate surface area is 173 Å². The highest BCUT2D eigenvalue weighted by Crippen LogP contribution is 2.37. The Morgan fingerprint density at radius 3 is 2.41 bits per heavy atom. The van der Waals surface area contributed by atoms with Gasteiger partial charge in [0.15, 0.2) is 0 Å². The van der Waals surface area contributed by atoms with Crippen molar-refractivity contribution in [2.45, 2.75) is 15.3 Å². The quantitative estimate of drug-likeness (QED) is 0.533. The van der Waals surface area contributed by atoms with Gasteiger partial charge in [-0.3, -0.25) is 4.68 Å². The SMILES string of the molecule is [B]C([B])(O)n1cc(-c2cc(Sc3ccccc3C#N)c3c(C#N)cnn3c2)cn1. The second kappa shape index (κ2) is 7.17. The Morgan fingerprint density at radius 2 is 1.72 bits per heavy atom. The van der Waals surface area contributed by atoms with Gasteiger partial charge in [0, 0.05) is 33.3 Å². The first-order valence-electron chi connectivity index (χ1n) is 8.35. The minimum absolute atomic E-state index is 0.419. The van der Waals surface area contributed by atoms with Gasteiger partial charge in [0.2, 0.25) is 0 Å². The molecule has 3 heterocycles. The zero-order chi connectivity index (χ0) is 20.6. The first-order chi connectivity index (χ1) is 13.9. The Kier molecular flexibility index (Phi) is 4.67. The molecule has 0 spiro atoms. The highest BCUT2D eigenvalue weighted by molar-refractivity contribution is 7.99. The van der Waals surface area contributed by atoms with Crippen molar-refractivity contribution in [3.05, 3.63) is 66.2 Å². The van der Waals surface area contributed by atoms with Crippen molar-refractivity contribution in [2.24, 2.45) is 0 Å². The van der Waals surface area contributed by atoms with Crippen LogP contribution < -0.4 is 0 Å². The third kappa shape index (κ3) is 3.52. The van der Waals surface area contributed by atoms with Crippen molar-refractivity contribution in [3.8, 4) is 23.3 Å². The zero-order valence-corrected chi connectivity index (χ0v) is 15.7. The van der Waals surface area contributed by atoms with Crippen LogP contribution in [0, 0.1) is 22.7 Å². The molecule has 29 heavy (non-hydrogen) atoms. The van der Waals surface area contributed by atoms with E-state index < -0.39 is 5.52 Å². The van der Waals surface area contributed by atoms with Crippen LogP contribution in [0.25, 0.3) is 16.6 Å². The van der Waals surface area contributed by atoms with Crippen LogP contribution in [0.1, 0.15) is 11.1 Å². The van der Waals surface area contributed by atoms with Gasteiger partial charge in [-0.15, -0.1) is 0 Å². The smallest absolute Gasteiger partial charge is 0.131 e. The summed E-state index contributed by atoms with van der Waals surface area (Å²) >= 11 is 1.36. The Hall–Kier alpha value is -3.46. The lowest BCUT2D eigenvalue weighted by atomic mass is 9.73. The molecular formula is C19H10B2N6OS. The van der Waals surface area contributed by atoms with E-state index in [1.54, 1.807) is 22.8 Å². The molecule has 0 saturated heterocycles. The van der Waals surface area contributed by atoms with E-state index >= 15 is 0 Å². The number of nitrogens with zero attached hydrogens (tertiary/aromatic N) is 6. The van der Waals surface area contributed by atoms with Gasteiger partial charge in [-0.25, -0.2) is 4.52 Å². The van der Waals surface area contributed by atoms with Crippen molar-refractivity contribution in [2.75, 3.05) is 0 Å². The third-order valence-corrected chi connectivity index (χ3v) is 5.31. The van der Waals surface area contributed by atoms with E-state index in [1.165, 1.54) is 30.4 Å². The molecule has 1 N–H and O–H groups in total. The average molecular weight is 392 g/mol. The maximum absolute atomic E-state index is 9.73. The van der Waals surface area contributed by atoms with Gasteiger partial charge in [-0.05, 0) is 18.2 Å². The van der Waals surface area contributed by atoms with Crippen LogP contribution >= 0.6 is 11.8 Å². The lowest BCUT2D eigenvalue weighted by Crippen LogP contribution is -2.34. The Bertz CT molecular complexity index is 1310. The molecule has 3 aromatic heterocycles. The van der Waals surface area contributed by atoms with Crippen LogP contribution in [-0.2, 0) is 5.52 Å². The molecule has 0 atom stereocenters. The first kappa shape index (κ1) is 18.9. The third-order valence-electron chi connectivity index (χ3n) is 4.21. The van der Waals surface area contributed by atoms with Crippen LogP contribution in [0.3, 0.4) is 0 Å². The molecule has 4 aromatic rings. The van der Waals surface area contributed by atoms with E-state index in [2.05, 4.69) is 22.3 Å². The Balaban J connectivity index is 1.88. The molecule has 0 bridgehead atoms. The molecule has 134 valence electrons. The molecular weight excluding hydrogens is 382 g/mol. The summed E-state index contributed by atoms with van der Waals surface area (Å²) in [7, 11) is 10.9. The number of aromatic nitrogens is 4. The maximum atomic E-state index is 9.73. The molecule has 0 aliphatic rings. The van der Waals surface area contributed by atoms with E-state index in [4.69, 9.17) is 15.7 Å². The fourth-order valence-electron chi connectivity index (χ4n) is 2.84. The predicted molar refractivity (Wildman–Crippen MR) is 108 cm³/mol. The van der Waals surface area contributed by atoms with Crippen LogP contribution in [0.2, 0.25) is 0 Å². The van der Waals surface area contributed by atoms with E-state index in [-0.39, 0.29) is 0 Å². The number of fused-ring (bicyclic) bond motifs is 1. The molecule has 1 aromatic carbocycles. The number of hydrogen-bond acceptors (Lipinski definition) is 6. The zero-order valence-electron chi connectivity index (χ0n) is 14.9. The van der Waals surface area contributed by atoms with Crippen molar-refractivity contribution in [3.63, 3.8) is 0 Å². The van der Waals surface area contributed by atoms with Crippen LogP contribution in [-0.4, -0.2) is 40.2 Å². The number of pyridine rings is 1. The summed E-state index contributed by atoms with van der Waals surface area (Å²) in [5.74, 6) is 0. The molecule has 0 fully saturated rings. The molecule has 0 aliphatic carbocycles. The average Bonchev–Trinajstić information content (AvgIpc) is 3.35. The van der Waals surface area contributed by atoms with Crippen LogP contribution in [0.4, 0.5) is 0 Å². The summed E-state index contributed by atoms with van der Waals surface area (Å²) in [5, 5.41) is 36.8. The maximum Gasteiger partial charge on any atom is 0.131 e. The van der Waals surface area contributed by atoms with Gasteiger partial charge in [-0.1, -0.05) is 23.9 Å². The van der Waals surface area contributed by atoms with Crippen LogP contribution in [0.15, 0.2) is 64.9 Å². The van der Waals surface area contributed by atoms with Crippen molar-refractivity contribution in [1.82, 2.24) is 19.4 Å². The number of benzene rings is 1. The molecule has 4 rings (SSSR count). The number of hydrogen-bond donors (Lipinski definition) is 1. The van der Waals surface area contributed by atoms with Gasteiger partial charge < -0.3 is 5.11 Å². The normalized spacial score (nSPS) is 11.3. The van der Waals surface area contributed by atoms with E-state index in [0.717, 1.165) is 20.0 Å². The molecule has 0 amide bonds. The summed E-state index contributed by atoms with van der Waals surface area (Å²) in [6, 6.07) is 13.4. The highest BCUT2D eigenvalue weighted by atomic mass is 32.2. The predicted octanol–water partition coefficient (Wildman–Crippen LogP) is 1.99. The van der Waals surface area contributed by atoms with Crippen LogP contribution in [0.5, 0.6) is 0 Å². The molecule has 0 aliphatic heterocycles. The first-order valence-corrected chi connectivity index (χ1v) is 9.16. The van der Waals surface area contributed by atoms with Crippen molar-refractivity contribution >= 4 is 33.0 Å². The summed E-state index contributed by atoms with van der Waals surface area (Å²) in [6.07, 6.45) is 6.25. The Morgan fingerprint density at radius 1 is 0.966 bits per heavy atom. The van der Waals surface area contributed by atoms with Gasteiger partial charge in [0.25, 0.3) is 0 Å². The molecule has 0 unspecified atom stereocenters. The van der Waals surface area contributed by atoms with Crippen molar-refractivity contribution in [1.29, 1.82) is 10.5 Å². The van der Waals surface area contributed by atoms with E-state index in [9.17, 15) is 15.6 Å². The number of rotatable bonds is 4. The standard InChI is InChI=1S/C19H10B2N6OS/c20-19(21,28)27-11-15(9-25-27)13-5-17(18-14(7-23)8-24-26(18)10-13)29-16-4-2-1-3-12(16)6-22/h1-5,8-11,28H. The monoisotopic (exact) mass is 392 g/mol. The van der Waals surface area contributed by atoms with E-state index in [1.807, 2.05) is 18.2 Å². The minimum Gasteiger partial charge on any atom is -0.388 e. The molecule has 4 radical (unpaired) electrons. The van der Waals surface area contributed by atoms with Gasteiger partial charge in [-0.2, -0.15) is 20.7 Å². The van der Waals surface area contributed by atoms with Crippen molar-refractivity contribution < 1.29 is 5.11 Å². The molecule has 7 nitrogen and oxygen atoms in total. The second-order valence-corrected chi connectivity index (χ2v) is 7.31. The topological polar surface area (TPSA) is 103 Å². The lowest BCUT2D eigenvalue weighted by Gasteiger charge is -2.18. The van der Waals surface area contributed by atoms with Gasteiger partial charge in [0.1, 0.15) is 27.8 Å². The summed E-state index contributed by atoms with van der Waals surface area (Å²) in [4.78, 5) is 1.50. The molecule has 0 saturated carbocycles. The fourth-order valence-corrected chi connectivity index (χ4v) is 3.93. The van der Waals surface area contributed by atoms with Gasteiger partial charge >= 0.3 is 0 Å². The minimum atomic E-state index is -2.12. The van der Waals surface area contributed by atoms with E-state index in [0.29, 0.717) is 22.2 Å². The summed E-state index contributed by atoms with van der Waals surface area (Å²) in [6.45, 7) is 0. The highest BCUT2D eigenvalue weighted by Gasteiger charge is 2.18. The number of aliphatic hydroxyl groups is 1. The summed E-state index contributed by atoms with van der Waals surface area (Å²) < 4.78 is 2.63. The summed E-state index contributed by atoms with van der Waals surface area (Å²) in [5.41, 5.74) is 0.829. The molecule has 10 heteroatoms. The fraction of sp³-hybridized carbons (Fsp3) is 0.0526. The van der Waals surface area contributed by atoms with Gasteiger partial charge in [0.05, 0.1) is 34.6 Å². The number of nitriles is 2. The lowest BCUT2D eigenvalue weighted by molar-refractivity contribution is 0.126. The largest absolute Gasteiger partial charge is 0.388 e. The second-order valence-electron chi connectivity index (χ2n) is 6.22.